The van der Waals surface area contributed by atoms with Gasteiger partial charge in [-0.2, -0.15) is 0 Å². The van der Waals surface area contributed by atoms with E-state index in [1.807, 2.05) is 0 Å². The number of carbonyl (C=O) groups excluding carboxylic acids is 2. The summed E-state index contributed by atoms with van der Waals surface area (Å²) in [4.78, 5) is 23.4. The van der Waals surface area contributed by atoms with Crippen LogP contribution in [0.4, 0.5) is 0 Å². The van der Waals surface area contributed by atoms with Gasteiger partial charge in [0.05, 0.1) is 19.8 Å². The van der Waals surface area contributed by atoms with Crippen molar-refractivity contribution in [3.05, 3.63) is 35.9 Å². The maximum absolute atomic E-state index is 11.8. The van der Waals surface area contributed by atoms with E-state index < -0.39 is 11.8 Å². The van der Waals surface area contributed by atoms with Crippen LogP contribution in [0.1, 0.15) is 68.6 Å². The topological polar surface area (TPSA) is 61.8 Å². The summed E-state index contributed by atoms with van der Waals surface area (Å²) in [6, 6.07) is 8.37. The van der Waals surface area contributed by atoms with Crippen LogP contribution in [-0.4, -0.2) is 44.8 Å². The molecule has 0 atom stereocenters. The molecule has 0 saturated heterocycles. The molecule has 0 radical (unpaired) electrons. The molecule has 1 rings (SSSR count). The quantitative estimate of drug-likeness (QED) is 0.172. The van der Waals surface area contributed by atoms with Crippen molar-refractivity contribution in [1.29, 1.82) is 0 Å². The lowest BCUT2D eigenvalue weighted by Gasteiger charge is -2.07. The number of rotatable bonds is 17. The molecule has 152 valence electrons. The molecule has 0 aliphatic rings. The zero-order valence-electron chi connectivity index (χ0n) is 16.6. The van der Waals surface area contributed by atoms with E-state index in [9.17, 15) is 9.59 Å². The average Bonchev–Trinajstić information content (AvgIpc) is 2.70. The van der Waals surface area contributed by atoms with Gasteiger partial charge in [0, 0.05) is 12.2 Å². The summed E-state index contributed by atoms with van der Waals surface area (Å²) in [6.45, 7) is 4.32. The van der Waals surface area contributed by atoms with Crippen molar-refractivity contribution < 1.29 is 23.8 Å². The number of unbranched alkanes of at least 4 members (excludes halogenated alkanes) is 7. The Morgan fingerprint density at radius 3 is 1.93 bits per heavy atom. The second-order valence-electron chi connectivity index (χ2n) is 6.53. The first-order valence-corrected chi connectivity index (χ1v) is 10.2. The highest BCUT2D eigenvalue weighted by atomic mass is 16.6. The number of ether oxygens (including phenoxy) is 3. The van der Waals surface area contributed by atoms with Gasteiger partial charge in [-0.1, -0.05) is 82.2 Å². The monoisotopic (exact) mass is 378 g/mol. The van der Waals surface area contributed by atoms with Gasteiger partial charge in [-0.15, -0.1) is 0 Å². The Labute approximate surface area is 163 Å². The van der Waals surface area contributed by atoms with Crippen LogP contribution in [0.2, 0.25) is 0 Å². The molecule has 1 aromatic rings. The second-order valence-corrected chi connectivity index (χ2v) is 6.53. The van der Waals surface area contributed by atoms with E-state index in [-0.39, 0.29) is 13.2 Å². The van der Waals surface area contributed by atoms with Gasteiger partial charge in [0.2, 0.25) is 0 Å². The Bertz CT molecular complexity index is 501. The molecule has 27 heavy (non-hydrogen) atoms. The number of esters is 1. The number of hydrogen-bond acceptors (Lipinski definition) is 5. The van der Waals surface area contributed by atoms with Gasteiger partial charge in [-0.05, 0) is 6.42 Å². The Morgan fingerprint density at radius 1 is 0.704 bits per heavy atom. The van der Waals surface area contributed by atoms with Gasteiger partial charge < -0.3 is 14.2 Å². The van der Waals surface area contributed by atoms with Crippen LogP contribution >= 0.6 is 0 Å². The van der Waals surface area contributed by atoms with Crippen LogP contribution in [0, 0.1) is 0 Å². The molecule has 0 aliphatic heterocycles. The second kappa shape index (κ2) is 16.5. The van der Waals surface area contributed by atoms with Crippen LogP contribution in [0.15, 0.2) is 30.3 Å². The summed E-state index contributed by atoms with van der Waals surface area (Å²) >= 11 is 0. The van der Waals surface area contributed by atoms with Crippen LogP contribution in [0.3, 0.4) is 0 Å². The zero-order valence-corrected chi connectivity index (χ0v) is 16.6. The first-order valence-electron chi connectivity index (χ1n) is 10.2. The summed E-state index contributed by atoms with van der Waals surface area (Å²) in [7, 11) is 0. The molecular weight excluding hydrogens is 344 g/mol. The SMILES string of the molecule is CCCCCCCCCCOCCOCCOC(=O)C(=O)c1ccccc1. The minimum absolute atomic E-state index is 0.0649. The minimum atomic E-state index is -0.851. The molecule has 0 aromatic heterocycles. The highest BCUT2D eigenvalue weighted by Crippen LogP contribution is 2.08. The number of Topliss-reactive ketones (excluding diaryl/α,β-unsaturated/α-hetero) is 1. The van der Waals surface area contributed by atoms with E-state index in [0.29, 0.717) is 18.8 Å². The largest absolute Gasteiger partial charge is 0.457 e. The summed E-state index contributed by atoms with van der Waals surface area (Å²) in [5.74, 6) is -1.49. The lowest BCUT2D eigenvalue weighted by molar-refractivity contribution is -0.139. The van der Waals surface area contributed by atoms with E-state index in [1.165, 1.54) is 44.9 Å². The first kappa shape index (κ1) is 23.3. The van der Waals surface area contributed by atoms with Gasteiger partial charge in [0.1, 0.15) is 6.61 Å². The van der Waals surface area contributed by atoms with Crippen molar-refractivity contribution in [3.63, 3.8) is 0 Å². The molecule has 5 nitrogen and oxygen atoms in total. The van der Waals surface area contributed by atoms with Crippen molar-refractivity contribution in [1.82, 2.24) is 0 Å². The normalized spacial score (nSPS) is 10.7. The minimum Gasteiger partial charge on any atom is -0.457 e. The van der Waals surface area contributed by atoms with Crippen LogP contribution in [0.5, 0.6) is 0 Å². The third-order valence-corrected chi connectivity index (χ3v) is 4.20. The average molecular weight is 379 g/mol. The van der Waals surface area contributed by atoms with Crippen molar-refractivity contribution in [3.8, 4) is 0 Å². The smallest absolute Gasteiger partial charge is 0.379 e. The van der Waals surface area contributed by atoms with Gasteiger partial charge in [0.15, 0.2) is 0 Å². The third-order valence-electron chi connectivity index (χ3n) is 4.20. The van der Waals surface area contributed by atoms with Crippen molar-refractivity contribution in [2.75, 3.05) is 33.0 Å². The van der Waals surface area contributed by atoms with Gasteiger partial charge in [-0.25, -0.2) is 4.79 Å². The third kappa shape index (κ3) is 12.3. The Kier molecular flexibility index (Phi) is 14.2. The summed E-state index contributed by atoms with van der Waals surface area (Å²) in [6.07, 6.45) is 10.3. The molecule has 0 heterocycles. The molecule has 0 unspecified atom stereocenters. The predicted molar refractivity (Wildman–Crippen MR) is 106 cm³/mol. The molecular formula is C22H34O5. The molecule has 0 bridgehead atoms. The molecule has 0 saturated carbocycles. The van der Waals surface area contributed by atoms with Crippen molar-refractivity contribution in [2.24, 2.45) is 0 Å². The molecule has 0 fully saturated rings. The molecule has 5 heteroatoms. The van der Waals surface area contributed by atoms with E-state index in [0.717, 1.165) is 13.0 Å². The molecule has 1 aromatic carbocycles. The molecule has 0 aliphatic carbocycles. The lowest BCUT2D eigenvalue weighted by Crippen LogP contribution is -2.20. The van der Waals surface area contributed by atoms with Crippen molar-refractivity contribution in [2.45, 2.75) is 58.3 Å². The molecule has 0 N–H and O–H groups in total. The van der Waals surface area contributed by atoms with Crippen molar-refractivity contribution >= 4 is 11.8 Å². The summed E-state index contributed by atoms with van der Waals surface area (Å²) < 4.78 is 15.8. The van der Waals surface area contributed by atoms with Crippen LogP contribution in [0.25, 0.3) is 0 Å². The zero-order chi connectivity index (χ0) is 19.6. The van der Waals surface area contributed by atoms with Gasteiger partial charge >= 0.3 is 5.97 Å². The maximum Gasteiger partial charge on any atom is 0.379 e. The van der Waals surface area contributed by atoms with Crippen LogP contribution in [-0.2, 0) is 19.0 Å². The highest BCUT2D eigenvalue weighted by molar-refractivity contribution is 6.40. The van der Waals surface area contributed by atoms with E-state index >= 15 is 0 Å². The maximum atomic E-state index is 11.8. The van der Waals surface area contributed by atoms with Crippen LogP contribution < -0.4 is 0 Å². The fraction of sp³-hybridized carbons (Fsp3) is 0.636. The van der Waals surface area contributed by atoms with E-state index in [1.54, 1.807) is 30.3 Å². The number of ketones is 1. The fourth-order valence-corrected chi connectivity index (χ4v) is 2.63. The van der Waals surface area contributed by atoms with E-state index in [2.05, 4.69) is 6.92 Å². The predicted octanol–water partition coefficient (Wildman–Crippen LogP) is 4.59. The lowest BCUT2D eigenvalue weighted by atomic mass is 10.1. The Morgan fingerprint density at radius 2 is 1.26 bits per heavy atom. The molecule has 0 amide bonds. The first-order chi connectivity index (χ1) is 13.3. The Balaban J connectivity index is 1.85. The van der Waals surface area contributed by atoms with Gasteiger partial charge in [-0.3, -0.25) is 4.79 Å². The standard InChI is InChI=1S/C22H34O5/c1-2-3-4-5-6-7-8-12-15-25-16-17-26-18-19-27-22(24)21(23)20-13-10-9-11-14-20/h9-11,13-14H,2-8,12,15-19H2,1H3. The summed E-state index contributed by atoms with van der Waals surface area (Å²) in [5, 5.41) is 0. The fourth-order valence-electron chi connectivity index (χ4n) is 2.63. The Hall–Kier alpha value is -1.72. The summed E-state index contributed by atoms with van der Waals surface area (Å²) in [5.41, 5.74) is 0.331. The van der Waals surface area contributed by atoms with E-state index in [4.69, 9.17) is 14.2 Å². The molecule has 0 spiro atoms. The number of carbonyl (C=O) groups is 2. The number of benzene rings is 1. The van der Waals surface area contributed by atoms with Gasteiger partial charge in [0.25, 0.3) is 5.78 Å². The number of hydrogen-bond donors (Lipinski definition) is 0. The highest BCUT2D eigenvalue weighted by Gasteiger charge is 2.16.